The summed E-state index contributed by atoms with van der Waals surface area (Å²) in [4.78, 5) is 22.7. The minimum Gasteiger partial charge on any atom is -0.478 e. The van der Waals surface area contributed by atoms with Crippen molar-refractivity contribution in [3.05, 3.63) is 70.8 Å². The average Bonchev–Trinajstić information content (AvgIpc) is 2.58. The van der Waals surface area contributed by atoms with E-state index in [0.717, 1.165) is 11.1 Å². The molecule has 0 saturated carbocycles. The van der Waals surface area contributed by atoms with Crippen LogP contribution in [0.15, 0.2) is 48.5 Å². The number of sulfone groups is 1. The predicted octanol–water partition coefficient (Wildman–Crippen LogP) is 2.18. The number of amides is 1. The van der Waals surface area contributed by atoms with Crippen molar-refractivity contribution < 1.29 is 23.1 Å². The highest BCUT2D eigenvalue weighted by Crippen LogP contribution is 2.09. The van der Waals surface area contributed by atoms with Gasteiger partial charge in [-0.2, -0.15) is 0 Å². The summed E-state index contributed by atoms with van der Waals surface area (Å²) in [5, 5.41) is 11.7. The zero-order valence-electron chi connectivity index (χ0n) is 14.4. The predicted molar refractivity (Wildman–Crippen MR) is 98.6 cm³/mol. The van der Waals surface area contributed by atoms with Crippen LogP contribution in [-0.4, -0.2) is 31.7 Å². The van der Waals surface area contributed by atoms with Crippen LogP contribution in [0.5, 0.6) is 0 Å². The van der Waals surface area contributed by atoms with Crippen molar-refractivity contribution in [3.63, 3.8) is 0 Å². The maximum absolute atomic E-state index is 11.9. The molecule has 2 aromatic carbocycles. The first-order valence-electron chi connectivity index (χ1n) is 8.07. The molecule has 0 heterocycles. The zero-order valence-corrected chi connectivity index (χ0v) is 15.3. The Labute approximate surface area is 152 Å². The van der Waals surface area contributed by atoms with E-state index in [-0.39, 0.29) is 17.2 Å². The summed E-state index contributed by atoms with van der Waals surface area (Å²) in [5.74, 6) is -1.08. The summed E-state index contributed by atoms with van der Waals surface area (Å²) in [7, 11) is -3.06. The number of carbonyl (C=O) groups is 2. The molecule has 0 unspecified atom stereocenters. The Balaban J connectivity index is 1.78. The molecule has 0 spiro atoms. The van der Waals surface area contributed by atoms with Crippen LogP contribution in [0.2, 0.25) is 0 Å². The number of benzene rings is 2. The molecule has 0 bridgehead atoms. The van der Waals surface area contributed by atoms with E-state index < -0.39 is 15.8 Å². The summed E-state index contributed by atoms with van der Waals surface area (Å²) >= 11 is 0. The maximum atomic E-state index is 11.9. The summed E-state index contributed by atoms with van der Waals surface area (Å²) in [5.41, 5.74) is 2.72. The third-order valence-corrected chi connectivity index (χ3v) is 4.64. The molecule has 0 aliphatic carbocycles. The Morgan fingerprint density at radius 1 is 0.923 bits per heavy atom. The zero-order chi connectivity index (χ0) is 19.2. The summed E-state index contributed by atoms with van der Waals surface area (Å²) in [6, 6.07) is 13.5. The van der Waals surface area contributed by atoms with Crippen LogP contribution in [0.4, 0.5) is 0 Å². The van der Waals surface area contributed by atoms with E-state index in [1.54, 1.807) is 36.4 Å². The van der Waals surface area contributed by atoms with Gasteiger partial charge in [-0.25, -0.2) is 13.2 Å². The number of carbonyl (C=O) groups excluding carboxylic acids is 1. The first kappa shape index (κ1) is 19.7. The first-order chi connectivity index (χ1) is 12.2. The Hall–Kier alpha value is -2.67. The van der Waals surface area contributed by atoms with E-state index in [2.05, 4.69) is 5.32 Å². The van der Waals surface area contributed by atoms with Gasteiger partial charge in [0.05, 0.1) is 11.3 Å². The van der Waals surface area contributed by atoms with Gasteiger partial charge in [-0.3, -0.25) is 4.79 Å². The third-order valence-electron chi connectivity index (χ3n) is 3.78. The Morgan fingerprint density at radius 2 is 1.46 bits per heavy atom. The molecule has 26 heavy (non-hydrogen) atoms. The number of carboxylic acid groups (broad SMARTS) is 1. The number of hydrogen-bond donors (Lipinski definition) is 2. The van der Waals surface area contributed by atoms with Gasteiger partial charge in [0.25, 0.3) is 0 Å². The van der Waals surface area contributed by atoms with E-state index in [4.69, 9.17) is 5.11 Å². The standard InChI is InChI=1S/C19H21NO5S/c1-26(24,25)13-16-4-2-15(3-5-16)12-20-18(21)11-8-14-6-9-17(10-7-14)19(22)23/h2-7,9-10H,8,11-13H2,1H3,(H,20,21)(H,22,23). The monoisotopic (exact) mass is 375 g/mol. The maximum Gasteiger partial charge on any atom is 0.335 e. The van der Waals surface area contributed by atoms with E-state index >= 15 is 0 Å². The van der Waals surface area contributed by atoms with Gasteiger partial charge in [0.15, 0.2) is 9.84 Å². The van der Waals surface area contributed by atoms with E-state index in [1.165, 1.54) is 18.4 Å². The number of nitrogens with one attached hydrogen (secondary N) is 1. The fourth-order valence-electron chi connectivity index (χ4n) is 2.42. The van der Waals surface area contributed by atoms with Gasteiger partial charge in [-0.1, -0.05) is 36.4 Å². The number of rotatable bonds is 8. The number of aromatic carboxylic acids is 1. The lowest BCUT2D eigenvalue weighted by Crippen LogP contribution is -2.23. The molecule has 2 N–H and O–H groups in total. The van der Waals surface area contributed by atoms with Crippen LogP contribution in [0, 0.1) is 0 Å². The minimum absolute atomic E-state index is 0.000305. The molecule has 2 rings (SSSR count). The molecule has 0 aromatic heterocycles. The van der Waals surface area contributed by atoms with E-state index in [0.29, 0.717) is 24.9 Å². The van der Waals surface area contributed by atoms with Gasteiger partial charge in [0.2, 0.25) is 5.91 Å². The molecule has 138 valence electrons. The minimum atomic E-state index is -3.06. The summed E-state index contributed by atoms with van der Waals surface area (Å²) in [6.07, 6.45) is 2.02. The molecule has 0 saturated heterocycles. The van der Waals surface area contributed by atoms with Crippen molar-refractivity contribution in [1.29, 1.82) is 0 Å². The highest BCUT2D eigenvalue weighted by atomic mass is 32.2. The third kappa shape index (κ3) is 6.68. The molecule has 0 atom stereocenters. The Bertz CT molecular complexity index is 871. The second-order valence-electron chi connectivity index (χ2n) is 6.17. The van der Waals surface area contributed by atoms with Crippen molar-refractivity contribution in [2.45, 2.75) is 25.1 Å². The lowest BCUT2D eigenvalue weighted by Gasteiger charge is -2.07. The molecular formula is C19H21NO5S. The molecule has 2 aromatic rings. The smallest absolute Gasteiger partial charge is 0.335 e. The topological polar surface area (TPSA) is 101 Å². The van der Waals surface area contributed by atoms with Gasteiger partial charge < -0.3 is 10.4 Å². The number of carboxylic acids is 1. The fourth-order valence-corrected chi connectivity index (χ4v) is 3.21. The highest BCUT2D eigenvalue weighted by molar-refractivity contribution is 7.89. The number of hydrogen-bond acceptors (Lipinski definition) is 4. The number of aryl methyl sites for hydroxylation is 1. The van der Waals surface area contributed by atoms with Crippen molar-refractivity contribution >= 4 is 21.7 Å². The Kier molecular flexibility index (Phi) is 6.52. The molecule has 0 aliphatic heterocycles. The average molecular weight is 375 g/mol. The lowest BCUT2D eigenvalue weighted by atomic mass is 10.1. The van der Waals surface area contributed by atoms with Gasteiger partial charge in [-0.05, 0) is 35.2 Å². The highest BCUT2D eigenvalue weighted by Gasteiger charge is 2.06. The SMILES string of the molecule is CS(=O)(=O)Cc1ccc(CNC(=O)CCc2ccc(C(=O)O)cc2)cc1. The lowest BCUT2D eigenvalue weighted by molar-refractivity contribution is -0.121. The van der Waals surface area contributed by atoms with Crippen molar-refractivity contribution in [2.24, 2.45) is 0 Å². The van der Waals surface area contributed by atoms with Crippen molar-refractivity contribution in [3.8, 4) is 0 Å². The Morgan fingerprint density at radius 3 is 2.00 bits per heavy atom. The van der Waals surface area contributed by atoms with Gasteiger partial charge >= 0.3 is 5.97 Å². The second-order valence-corrected chi connectivity index (χ2v) is 8.31. The van der Waals surface area contributed by atoms with Crippen LogP contribution in [0.3, 0.4) is 0 Å². The normalized spacial score (nSPS) is 11.1. The quantitative estimate of drug-likeness (QED) is 0.736. The summed E-state index contributed by atoms with van der Waals surface area (Å²) < 4.78 is 22.5. The van der Waals surface area contributed by atoms with Crippen LogP contribution in [-0.2, 0) is 33.4 Å². The molecule has 0 fully saturated rings. The molecular weight excluding hydrogens is 354 g/mol. The van der Waals surface area contributed by atoms with Gasteiger partial charge in [0, 0.05) is 19.2 Å². The molecule has 7 heteroatoms. The van der Waals surface area contributed by atoms with Crippen molar-refractivity contribution in [2.75, 3.05) is 6.26 Å². The summed E-state index contributed by atoms with van der Waals surface area (Å²) in [6.45, 7) is 0.371. The van der Waals surface area contributed by atoms with Crippen LogP contribution >= 0.6 is 0 Å². The first-order valence-corrected chi connectivity index (χ1v) is 10.1. The van der Waals surface area contributed by atoms with E-state index in [9.17, 15) is 18.0 Å². The van der Waals surface area contributed by atoms with Crippen LogP contribution in [0.25, 0.3) is 0 Å². The second kappa shape index (κ2) is 8.62. The van der Waals surface area contributed by atoms with Crippen LogP contribution in [0.1, 0.15) is 33.5 Å². The largest absolute Gasteiger partial charge is 0.478 e. The molecule has 1 amide bonds. The molecule has 0 aliphatic rings. The van der Waals surface area contributed by atoms with E-state index in [1.807, 2.05) is 0 Å². The fraction of sp³-hybridized carbons (Fsp3) is 0.263. The van der Waals surface area contributed by atoms with Gasteiger partial charge in [-0.15, -0.1) is 0 Å². The molecule has 6 nitrogen and oxygen atoms in total. The molecule has 0 radical (unpaired) electrons. The van der Waals surface area contributed by atoms with Gasteiger partial charge in [0.1, 0.15) is 0 Å². The van der Waals surface area contributed by atoms with Crippen LogP contribution < -0.4 is 5.32 Å². The van der Waals surface area contributed by atoms with Crippen molar-refractivity contribution in [1.82, 2.24) is 5.32 Å².